The van der Waals surface area contributed by atoms with E-state index in [4.69, 9.17) is 9.84 Å². The maximum absolute atomic E-state index is 9.02. The Morgan fingerprint density at radius 1 is 1.35 bits per heavy atom. The van der Waals surface area contributed by atoms with Gasteiger partial charge in [-0.3, -0.25) is 0 Å². The summed E-state index contributed by atoms with van der Waals surface area (Å²) >= 11 is 2.16. The second kappa shape index (κ2) is 5.10. The summed E-state index contributed by atoms with van der Waals surface area (Å²) < 4.78 is 5.55. The molecule has 1 saturated heterocycles. The summed E-state index contributed by atoms with van der Waals surface area (Å²) in [5, 5.41) is 9.81. The van der Waals surface area contributed by atoms with Gasteiger partial charge in [-0.2, -0.15) is 11.8 Å². The van der Waals surface area contributed by atoms with Crippen molar-refractivity contribution < 1.29 is 9.84 Å². The molecule has 2 aliphatic rings. The van der Waals surface area contributed by atoms with Gasteiger partial charge in [-0.15, -0.1) is 0 Å². The third-order valence-electron chi connectivity index (χ3n) is 4.92. The largest absolute Gasteiger partial charge is 0.371 e. The fraction of sp³-hybridized carbons (Fsp3) is 1.00. The maximum atomic E-state index is 9.02. The molecule has 0 amide bonds. The molecule has 17 heavy (non-hydrogen) atoms. The monoisotopic (exact) mass is 258 g/mol. The molecule has 0 aromatic rings. The fourth-order valence-corrected chi connectivity index (χ4v) is 6.14. The topological polar surface area (TPSA) is 29.5 Å². The maximum Gasteiger partial charge on any atom is 0.143 e. The molecule has 0 bridgehead atoms. The highest BCUT2D eigenvalue weighted by molar-refractivity contribution is 8.00. The van der Waals surface area contributed by atoms with Crippen molar-refractivity contribution in [3.05, 3.63) is 0 Å². The first-order valence-corrected chi connectivity index (χ1v) is 7.86. The van der Waals surface area contributed by atoms with Crippen molar-refractivity contribution in [3.8, 4) is 0 Å². The fourth-order valence-electron chi connectivity index (χ4n) is 3.96. The van der Waals surface area contributed by atoms with Crippen molar-refractivity contribution in [1.29, 1.82) is 0 Å². The Labute approximate surface area is 110 Å². The molecule has 1 aliphatic carbocycles. The van der Waals surface area contributed by atoms with E-state index in [9.17, 15) is 0 Å². The molecule has 5 unspecified atom stereocenters. The van der Waals surface area contributed by atoms with Crippen LogP contribution >= 0.6 is 11.8 Å². The summed E-state index contributed by atoms with van der Waals surface area (Å²) in [6, 6.07) is 0. The van der Waals surface area contributed by atoms with Gasteiger partial charge in [0, 0.05) is 5.25 Å². The molecule has 2 nitrogen and oxygen atoms in total. The van der Waals surface area contributed by atoms with Crippen LogP contribution in [0.4, 0.5) is 0 Å². The van der Waals surface area contributed by atoms with E-state index in [0.29, 0.717) is 17.3 Å². The lowest BCUT2D eigenvalue weighted by atomic mass is 9.61. The first-order valence-electron chi connectivity index (χ1n) is 6.81. The van der Waals surface area contributed by atoms with Crippen LogP contribution in [0.3, 0.4) is 0 Å². The molecule has 2 rings (SSSR count). The number of aliphatic hydroxyl groups is 1. The number of rotatable bonds is 2. The average Bonchev–Trinajstić information content (AvgIpc) is 2.24. The first-order chi connectivity index (χ1) is 7.97. The zero-order valence-corrected chi connectivity index (χ0v) is 12.3. The summed E-state index contributed by atoms with van der Waals surface area (Å²) in [6.07, 6.45) is 2.66. The summed E-state index contributed by atoms with van der Waals surface area (Å²) in [4.78, 5) is 0. The van der Waals surface area contributed by atoms with Crippen LogP contribution in [-0.4, -0.2) is 29.0 Å². The van der Waals surface area contributed by atoms with Crippen LogP contribution in [0, 0.1) is 23.2 Å². The zero-order chi connectivity index (χ0) is 12.6. The lowest BCUT2D eigenvalue weighted by molar-refractivity contribution is -0.117. The predicted octanol–water partition coefficient (Wildman–Crippen LogP) is 3.15. The minimum absolute atomic E-state index is 0.132. The van der Waals surface area contributed by atoms with E-state index in [1.54, 1.807) is 0 Å². The van der Waals surface area contributed by atoms with E-state index in [1.165, 1.54) is 12.2 Å². The van der Waals surface area contributed by atoms with Crippen molar-refractivity contribution in [3.63, 3.8) is 0 Å². The molecule has 1 aliphatic heterocycles. The van der Waals surface area contributed by atoms with Crippen LogP contribution in [0.1, 0.15) is 40.5 Å². The molecule has 0 radical (unpaired) electrons. The normalized spacial score (nSPS) is 45.4. The van der Waals surface area contributed by atoms with Gasteiger partial charge in [-0.1, -0.05) is 27.7 Å². The highest BCUT2D eigenvalue weighted by Crippen LogP contribution is 2.54. The van der Waals surface area contributed by atoms with Gasteiger partial charge in [-0.05, 0) is 41.8 Å². The molecule has 0 spiro atoms. The summed E-state index contributed by atoms with van der Waals surface area (Å²) in [5.41, 5.74) is 0.418. The number of ether oxygens (including phenoxy) is 1. The zero-order valence-electron chi connectivity index (χ0n) is 11.5. The lowest BCUT2D eigenvalue weighted by Gasteiger charge is -2.54. The van der Waals surface area contributed by atoms with Crippen LogP contribution in [0.2, 0.25) is 0 Å². The SMILES string of the molecule is CC1CC(OCO)C(C)C2C1SCCC2(C)C. The van der Waals surface area contributed by atoms with Crippen molar-refractivity contribution in [2.75, 3.05) is 12.5 Å². The second-order valence-corrected chi connectivity index (χ2v) is 7.79. The van der Waals surface area contributed by atoms with Gasteiger partial charge >= 0.3 is 0 Å². The molecule has 5 atom stereocenters. The van der Waals surface area contributed by atoms with Gasteiger partial charge in [0.1, 0.15) is 6.79 Å². The molecule has 0 aromatic carbocycles. The second-order valence-electron chi connectivity index (χ2n) is 6.51. The standard InChI is InChI=1S/C14H26O2S/c1-9-7-11(16-8-15)10(2)12-13(9)17-6-5-14(12,3)4/h9-13,15H,5-8H2,1-4H3. The van der Waals surface area contributed by atoms with E-state index in [0.717, 1.165) is 17.6 Å². The van der Waals surface area contributed by atoms with Gasteiger partial charge in [0.2, 0.25) is 0 Å². The summed E-state index contributed by atoms with van der Waals surface area (Å²) in [5.74, 6) is 3.29. The van der Waals surface area contributed by atoms with Crippen molar-refractivity contribution in [2.24, 2.45) is 23.2 Å². The average molecular weight is 258 g/mol. The predicted molar refractivity (Wildman–Crippen MR) is 73.0 cm³/mol. The van der Waals surface area contributed by atoms with E-state index < -0.39 is 0 Å². The Morgan fingerprint density at radius 2 is 2.06 bits per heavy atom. The Hall–Kier alpha value is 0.270. The third-order valence-corrected chi connectivity index (χ3v) is 6.50. The van der Waals surface area contributed by atoms with Crippen LogP contribution in [-0.2, 0) is 4.74 Å². The van der Waals surface area contributed by atoms with E-state index in [2.05, 4.69) is 39.5 Å². The Morgan fingerprint density at radius 3 is 2.71 bits per heavy atom. The van der Waals surface area contributed by atoms with Crippen LogP contribution in [0.15, 0.2) is 0 Å². The molecule has 3 heteroatoms. The van der Waals surface area contributed by atoms with E-state index in [1.807, 2.05) is 0 Å². The Bertz CT molecular complexity index is 267. The minimum atomic E-state index is -0.132. The Balaban J connectivity index is 2.20. The quantitative estimate of drug-likeness (QED) is 0.772. The molecular weight excluding hydrogens is 232 g/mol. The van der Waals surface area contributed by atoms with Gasteiger partial charge in [0.15, 0.2) is 0 Å². The van der Waals surface area contributed by atoms with Crippen LogP contribution < -0.4 is 0 Å². The highest BCUT2D eigenvalue weighted by atomic mass is 32.2. The molecule has 1 N–H and O–H groups in total. The van der Waals surface area contributed by atoms with Gasteiger partial charge in [0.05, 0.1) is 6.10 Å². The Kier molecular flexibility index (Phi) is 4.11. The van der Waals surface area contributed by atoms with Crippen molar-refractivity contribution >= 4 is 11.8 Å². The van der Waals surface area contributed by atoms with Gasteiger partial charge < -0.3 is 9.84 Å². The molecular formula is C14H26O2S. The molecule has 1 saturated carbocycles. The molecule has 1 heterocycles. The van der Waals surface area contributed by atoms with Crippen LogP contribution in [0.5, 0.6) is 0 Å². The highest BCUT2D eigenvalue weighted by Gasteiger charge is 2.50. The van der Waals surface area contributed by atoms with Crippen LogP contribution in [0.25, 0.3) is 0 Å². The number of thioether (sulfide) groups is 1. The van der Waals surface area contributed by atoms with E-state index >= 15 is 0 Å². The van der Waals surface area contributed by atoms with Crippen molar-refractivity contribution in [2.45, 2.75) is 51.9 Å². The van der Waals surface area contributed by atoms with Gasteiger partial charge in [0.25, 0.3) is 0 Å². The summed E-state index contributed by atoms with van der Waals surface area (Å²) in [6.45, 7) is 9.36. The molecule has 0 aromatic heterocycles. The minimum Gasteiger partial charge on any atom is -0.371 e. The number of aliphatic hydroxyl groups excluding tert-OH is 1. The third kappa shape index (κ3) is 2.52. The summed E-state index contributed by atoms with van der Waals surface area (Å²) in [7, 11) is 0. The molecule has 100 valence electrons. The van der Waals surface area contributed by atoms with E-state index in [-0.39, 0.29) is 12.9 Å². The van der Waals surface area contributed by atoms with Gasteiger partial charge in [-0.25, -0.2) is 0 Å². The molecule has 2 fully saturated rings. The number of fused-ring (bicyclic) bond motifs is 1. The lowest BCUT2D eigenvalue weighted by Crippen LogP contribution is -2.52. The smallest absolute Gasteiger partial charge is 0.143 e. The first kappa shape index (κ1) is 13.7. The number of hydrogen-bond donors (Lipinski definition) is 1. The number of hydrogen-bond acceptors (Lipinski definition) is 3. The van der Waals surface area contributed by atoms with Crippen molar-refractivity contribution in [1.82, 2.24) is 0 Å².